The summed E-state index contributed by atoms with van der Waals surface area (Å²) in [4.78, 5) is 18.6. The molecule has 0 saturated carbocycles. The highest BCUT2D eigenvalue weighted by Gasteiger charge is 2.18. The molecule has 1 aliphatic rings. The van der Waals surface area contributed by atoms with E-state index in [9.17, 15) is 4.79 Å². The lowest BCUT2D eigenvalue weighted by Crippen LogP contribution is -2.36. The number of carbonyl (C=O) groups is 1. The first-order valence-electron chi connectivity index (χ1n) is 8.28. The number of hydrazine groups is 1. The van der Waals surface area contributed by atoms with Crippen LogP contribution >= 0.6 is 0 Å². The second-order valence-corrected chi connectivity index (χ2v) is 6.90. The third kappa shape index (κ3) is 3.87. The van der Waals surface area contributed by atoms with Gasteiger partial charge in [0.15, 0.2) is 5.82 Å². The Balaban J connectivity index is 1.78. The highest BCUT2D eigenvalue weighted by Crippen LogP contribution is 2.20. The van der Waals surface area contributed by atoms with E-state index < -0.39 is 11.7 Å². The van der Waals surface area contributed by atoms with Crippen molar-refractivity contribution in [1.82, 2.24) is 20.0 Å². The van der Waals surface area contributed by atoms with Gasteiger partial charge in [0.1, 0.15) is 11.1 Å². The van der Waals surface area contributed by atoms with Gasteiger partial charge in [0, 0.05) is 19.3 Å². The minimum absolute atomic E-state index is 0.543. The van der Waals surface area contributed by atoms with Crippen molar-refractivity contribution in [1.29, 1.82) is 0 Å². The lowest BCUT2D eigenvalue weighted by atomic mass is 10.1. The van der Waals surface area contributed by atoms with Crippen molar-refractivity contribution in [3.05, 3.63) is 18.3 Å². The number of aromatic nitrogens is 3. The largest absolute Gasteiger partial charge is 0.443 e. The normalized spacial score (nSPS) is 15.4. The molecule has 3 rings (SSSR count). The summed E-state index contributed by atoms with van der Waals surface area (Å²) in [5.74, 6) is 1.20. The summed E-state index contributed by atoms with van der Waals surface area (Å²) >= 11 is 0. The molecule has 1 aliphatic heterocycles. The average molecular weight is 332 g/mol. The number of nitrogens with one attached hydrogen (secondary N) is 2. The zero-order valence-electron chi connectivity index (χ0n) is 14.4. The first-order valence-corrected chi connectivity index (χ1v) is 8.28. The van der Waals surface area contributed by atoms with Crippen LogP contribution in [-0.2, 0) is 4.74 Å². The maximum atomic E-state index is 11.8. The van der Waals surface area contributed by atoms with Gasteiger partial charge in [-0.25, -0.2) is 14.7 Å². The molecule has 1 saturated heterocycles. The Labute approximate surface area is 141 Å². The van der Waals surface area contributed by atoms with Gasteiger partial charge in [0.25, 0.3) is 0 Å². The fourth-order valence-electron chi connectivity index (χ4n) is 2.66. The van der Waals surface area contributed by atoms with Crippen LogP contribution in [0.2, 0.25) is 0 Å². The highest BCUT2D eigenvalue weighted by atomic mass is 16.6. The SMILES string of the molecule is CC(C)(C)OC(=O)NNc1nc(N2CCCCC2)nn2cccc12. The van der Waals surface area contributed by atoms with E-state index in [1.165, 1.54) is 6.42 Å². The molecule has 3 heterocycles. The van der Waals surface area contributed by atoms with E-state index in [1.54, 1.807) is 4.52 Å². The standard InChI is InChI=1S/C16H24N6O2/c1-16(2,3)24-15(23)19-18-13-12-8-7-11-22(12)20-14(17-13)21-9-5-4-6-10-21/h7-8,11H,4-6,9-10H2,1-3H3,(H,19,23)(H,17,18,20). The molecule has 2 aromatic heterocycles. The van der Waals surface area contributed by atoms with Crippen molar-refractivity contribution in [2.75, 3.05) is 23.4 Å². The van der Waals surface area contributed by atoms with E-state index in [4.69, 9.17) is 4.74 Å². The number of piperidine rings is 1. The summed E-state index contributed by atoms with van der Waals surface area (Å²) in [6.45, 7) is 7.35. The molecule has 0 spiro atoms. The minimum atomic E-state index is -0.555. The van der Waals surface area contributed by atoms with Crippen LogP contribution in [0.4, 0.5) is 16.6 Å². The zero-order chi connectivity index (χ0) is 17.2. The molecule has 130 valence electrons. The van der Waals surface area contributed by atoms with Gasteiger partial charge >= 0.3 is 6.09 Å². The summed E-state index contributed by atoms with van der Waals surface area (Å²) in [6.07, 6.45) is 4.85. The van der Waals surface area contributed by atoms with Crippen LogP contribution in [0.5, 0.6) is 0 Å². The molecule has 0 radical (unpaired) electrons. The molecule has 0 aliphatic carbocycles. The van der Waals surface area contributed by atoms with Crippen molar-refractivity contribution in [2.24, 2.45) is 0 Å². The van der Waals surface area contributed by atoms with E-state index in [0.717, 1.165) is 31.4 Å². The van der Waals surface area contributed by atoms with Crippen LogP contribution in [0.3, 0.4) is 0 Å². The van der Waals surface area contributed by atoms with E-state index in [1.807, 2.05) is 39.1 Å². The number of hydrogen-bond acceptors (Lipinski definition) is 6. The predicted octanol–water partition coefficient (Wildman–Crippen LogP) is 2.57. The number of fused-ring (bicyclic) bond motifs is 1. The first kappa shape index (κ1) is 16.4. The summed E-state index contributed by atoms with van der Waals surface area (Å²) in [6, 6.07) is 3.78. The maximum absolute atomic E-state index is 11.8. The predicted molar refractivity (Wildman–Crippen MR) is 92.0 cm³/mol. The van der Waals surface area contributed by atoms with Crippen molar-refractivity contribution >= 4 is 23.4 Å². The van der Waals surface area contributed by atoms with Gasteiger partial charge in [-0.1, -0.05) is 0 Å². The number of amides is 1. The Hall–Kier alpha value is -2.51. The van der Waals surface area contributed by atoms with E-state index >= 15 is 0 Å². The van der Waals surface area contributed by atoms with Crippen LogP contribution in [-0.4, -0.2) is 39.4 Å². The van der Waals surface area contributed by atoms with Crippen molar-refractivity contribution < 1.29 is 9.53 Å². The average Bonchev–Trinajstić information content (AvgIpc) is 3.00. The fraction of sp³-hybridized carbons (Fsp3) is 0.562. The first-order chi connectivity index (χ1) is 11.4. The molecule has 24 heavy (non-hydrogen) atoms. The molecule has 1 amide bonds. The van der Waals surface area contributed by atoms with Crippen LogP contribution in [0.1, 0.15) is 40.0 Å². The number of hydrogen-bond donors (Lipinski definition) is 2. The maximum Gasteiger partial charge on any atom is 0.426 e. The Morgan fingerprint density at radius 1 is 1.25 bits per heavy atom. The van der Waals surface area contributed by atoms with E-state index in [0.29, 0.717) is 11.8 Å². The zero-order valence-corrected chi connectivity index (χ0v) is 14.4. The van der Waals surface area contributed by atoms with Gasteiger partial charge in [-0.2, -0.15) is 4.98 Å². The lowest BCUT2D eigenvalue weighted by molar-refractivity contribution is 0.0541. The summed E-state index contributed by atoms with van der Waals surface area (Å²) < 4.78 is 6.99. The topological polar surface area (TPSA) is 83.8 Å². The number of nitrogens with zero attached hydrogens (tertiary/aromatic N) is 4. The summed E-state index contributed by atoms with van der Waals surface area (Å²) in [7, 11) is 0. The summed E-state index contributed by atoms with van der Waals surface area (Å²) in [5.41, 5.74) is 5.62. The third-order valence-corrected chi connectivity index (χ3v) is 3.70. The van der Waals surface area contributed by atoms with Crippen LogP contribution in [0.25, 0.3) is 5.52 Å². The number of anilines is 2. The van der Waals surface area contributed by atoms with Crippen molar-refractivity contribution in [3.8, 4) is 0 Å². The molecular weight excluding hydrogens is 308 g/mol. The number of carbonyl (C=O) groups excluding carboxylic acids is 1. The minimum Gasteiger partial charge on any atom is -0.443 e. The van der Waals surface area contributed by atoms with Gasteiger partial charge in [0.05, 0.1) is 0 Å². The number of ether oxygens (including phenoxy) is 1. The second kappa shape index (κ2) is 6.54. The molecule has 2 aromatic rings. The Bertz CT molecular complexity index is 715. The second-order valence-electron chi connectivity index (χ2n) is 6.90. The van der Waals surface area contributed by atoms with Crippen molar-refractivity contribution in [3.63, 3.8) is 0 Å². The monoisotopic (exact) mass is 332 g/mol. The molecular formula is C16H24N6O2. The molecule has 0 atom stereocenters. The molecule has 0 unspecified atom stereocenters. The molecule has 0 bridgehead atoms. The molecule has 1 fully saturated rings. The van der Waals surface area contributed by atoms with E-state index in [-0.39, 0.29) is 0 Å². The van der Waals surface area contributed by atoms with E-state index in [2.05, 4.69) is 25.8 Å². The van der Waals surface area contributed by atoms with Gasteiger partial charge < -0.3 is 9.64 Å². The highest BCUT2D eigenvalue weighted by molar-refractivity contribution is 5.74. The third-order valence-electron chi connectivity index (χ3n) is 3.70. The smallest absolute Gasteiger partial charge is 0.426 e. The van der Waals surface area contributed by atoms with Crippen LogP contribution in [0.15, 0.2) is 18.3 Å². The Morgan fingerprint density at radius 2 is 2.00 bits per heavy atom. The van der Waals surface area contributed by atoms with Gasteiger partial charge in [-0.05, 0) is 52.2 Å². The van der Waals surface area contributed by atoms with Crippen LogP contribution in [0, 0.1) is 0 Å². The number of rotatable bonds is 3. The van der Waals surface area contributed by atoms with Gasteiger partial charge in [-0.15, -0.1) is 5.10 Å². The summed E-state index contributed by atoms with van der Waals surface area (Å²) in [5, 5.41) is 4.55. The lowest BCUT2D eigenvalue weighted by Gasteiger charge is -2.27. The van der Waals surface area contributed by atoms with Crippen LogP contribution < -0.4 is 15.8 Å². The van der Waals surface area contributed by atoms with Gasteiger partial charge in [0.2, 0.25) is 5.95 Å². The fourth-order valence-corrected chi connectivity index (χ4v) is 2.66. The molecule has 8 heteroatoms. The Kier molecular flexibility index (Phi) is 4.46. The molecule has 0 aromatic carbocycles. The molecule has 8 nitrogen and oxygen atoms in total. The Morgan fingerprint density at radius 3 is 2.71 bits per heavy atom. The van der Waals surface area contributed by atoms with Gasteiger partial charge in [-0.3, -0.25) is 5.43 Å². The van der Waals surface area contributed by atoms with Crippen molar-refractivity contribution in [2.45, 2.75) is 45.6 Å². The molecule has 2 N–H and O–H groups in total. The quantitative estimate of drug-likeness (QED) is 0.841.